The Morgan fingerprint density at radius 2 is 1.70 bits per heavy atom. The van der Waals surface area contributed by atoms with E-state index in [2.05, 4.69) is 15.3 Å². The summed E-state index contributed by atoms with van der Waals surface area (Å²) < 4.78 is 1.51. The van der Waals surface area contributed by atoms with Crippen LogP contribution < -0.4 is 5.56 Å². The van der Waals surface area contributed by atoms with Crippen molar-refractivity contribution >= 4 is 23.4 Å². The molecule has 33 heavy (non-hydrogen) atoms. The van der Waals surface area contributed by atoms with E-state index in [-0.39, 0.29) is 16.3 Å². The van der Waals surface area contributed by atoms with Gasteiger partial charge in [-0.05, 0) is 34.9 Å². The molecule has 3 N–H and O–H groups in total. The first-order valence-electron chi connectivity index (χ1n) is 10.2. The van der Waals surface area contributed by atoms with Crippen LogP contribution >= 0.6 is 23.4 Å². The van der Waals surface area contributed by atoms with Crippen LogP contribution in [0.3, 0.4) is 0 Å². The van der Waals surface area contributed by atoms with Crippen LogP contribution in [0.1, 0.15) is 17.2 Å². The van der Waals surface area contributed by atoms with Crippen LogP contribution in [0.25, 0.3) is 11.1 Å². The number of hydrogen-bond donors (Lipinski definition) is 3. The van der Waals surface area contributed by atoms with Gasteiger partial charge >= 0.3 is 0 Å². The highest BCUT2D eigenvalue weighted by Gasteiger charge is 2.25. The van der Waals surface area contributed by atoms with E-state index in [0.29, 0.717) is 9.92 Å². The van der Waals surface area contributed by atoms with E-state index in [1.54, 1.807) is 12.3 Å². The number of H-pyrrole nitrogens is 2. The lowest BCUT2D eigenvalue weighted by Gasteiger charge is -2.21. The summed E-state index contributed by atoms with van der Waals surface area (Å²) in [6.07, 6.45) is 3.58. The van der Waals surface area contributed by atoms with Crippen molar-refractivity contribution in [1.29, 1.82) is 0 Å². The average molecular weight is 475 g/mol. The lowest BCUT2D eigenvalue weighted by molar-refractivity contribution is 0.384. The van der Waals surface area contributed by atoms with Gasteiger partial charge in [0.05, 0.1) is 11.2 Å². The molecule has 0 bridgehead atoms. The Morgan fingerprint density at radius 1 is 0.939 bits per heavy atom. The Kier molecular flexibility index (Phi) is 5.81. The molecule has 0 aliphatic rings. The Hall–Kier alpha value is -3.68. The Labute approximate surface area is 198 Å². The quantitative estimate of drug-likeness (QED) is 0.294. The van der Waals surface area contributed by atoms with Crippen molar-refractivity contribution in [2.24, 2.45) is 0 Å². The van der Waals surface area contributed by atoms with Crippen LogP contribution in [0.4, 0.5) is 0 Å². The molecule has 6 nitrogen and oxygen atoms in total. The first-order chi connectivity index (χ1) is 16.1. The van der Waals surface area contributed by atoms with Crippen LogP contribution in [0.2, 0.25) is 5.02 Å². The zero-order valence-corrected chi connectivity index (χ0v) is 18.8. The molecule has 0 amide bonds. The number of nitrogens with zero attached hydrogens (tertiary/aromatic N) is 2. The van der Waals surface area contributed by atoms with Crippen LogP contribution in [0.5, 0.6) is 5.88 Å². The van der Waals surface area contributed by atoms with Crippen LogP contribution in [0, 0.1) is 0 Å². The zero-order chi connectivity index (χ0) is 22.8. The van der Waals surface area contributed by atoms with Gasteiger partial charge in [0.15, 0.2) is 0 Å². The molecule has 0 saturated carbocycles. The van der Waals surface area contributed by atoms with E-state index in [0.717, 1.165) is 34.0 Å². The summed E-state index contributed by atoms with van der Waals surface area (Å²) in [6.45, 7) is 0. The predicted octanol–water partition coefficient (Wildman–Crippen LogP) is 5.71. The molecule has 0 aliphatic carbocycles. The maximum absolute atomic E-state index is 12.9. The summed E-state index contributed by atoms with van der Waals surface area (Å²) in [5.74, 6) is -0.146. The fourth-order valence-corrected chi connectivity index (χ4v) is 4.87. The number of rotatable bonds is 6. The van der Waals surface area contributed by atoms with E-state index < -0.39 is 6.04 Å². The highest BCUT2D eigenvalue weighted by atomic mass is 35.5. The van der Waals surface area contributed by atoms with Crippen molar-refractivity contribution in [3.63, 3.8) is 0 Å². The second-order valence-corrected chi connectivity index (χ2v) is 8.88. The van der Waals surface area contributed by atoms with Crippen molar-refractivity contribution in [1.82, 2.24) is 20.0 Å². The first kappa shape index (κ1) is 21.2. The van der Waals surface area contributed by atoms with Gasteiger partial charge in [0.25, 0.3) is 5.56 Å². The molecule has 5 aromatic rings. The van der Waals surface area contributed by atoms with Crippen molar-refractivity contribution in [3.8, 4) is 17.0 Å². The maximum atomic E-state index is 12.9. The van der Waals surface area contributed by atoms with Gasteiger partial charge in [0.2, 0.25) is 5.88 Å². The molecule has 1 atom stereocenters. The van der Waals surface area contributed by atoms with E-state index >= 15 is 0 Å². The van der Waals surface area contributed by atoms with Crippen molar-refractivity contribution in [2.45, 2.75) is 15.8 Å². The molecule has 0 saturated heterocycles. The van der Waals surface area contributed by atoms with E-state index in [1.165, 1.54) is 4.68 Å². The number of nitrogens with one attached hydrogen (secondary N) is 2. The fourth-order valence-electron chi connectivity index (χ4n) is 3.76. The SMILES string of the molecule is O=c1[nH]n(C(c2ccccc2)c2cccc(-c3cn[nH]c3)c2)c(O)c1Sc1ccccc1Cl. The van der Waals surface area contributed by atoms with Crippen molar-refractivity contribution in [3.05, 3.63) is 118 Å². The second-order valence-electron chi connectivity index (χ2n) is 7.42. The minimum absolute atomic E-state index is 0.146. The van der Waals surface area contributed by atoms with E-state index in [4.69, 9.17) is 11.6 Å². The molecule has 2 heterocycles. The molecular weight excluding hydrogens is 456 g/mol. The van der Waals surface area contributed by atoms with Gasteiger partial charge in [0, 0.05) is 16.7 Å². The molecule has 3 aromatic carbocycles. The molecule has 0 spiro atoms. The van der Waals surface area contributed by atoms with Crippen LogP contribution in [-0.4, -0.2) is 25.1 Å². The fraction of sp³-hybridized carbons (Fsp3) is 0.0400. The summed E-state index contributed by atoms with van der Waals surface area (Å²) in [7, 11) is 0. The molecular formula is C25H19ClN4O2S. The second kappa shape index (κ2) is 9.05. The molecule has 2 aromatic heterocycles. The topological polar surface area (TPSA) is 86.7 Å². The molecule has 5 rings (SSSR count). The summed E-state index contributed by atoms with van der Waals surface area (Å²) >= 11 is 7.42. The van der Waals surface area contributed by atoms with Crippen LogP contribution in [0.15, 0.2) is 106 Å². The standard InChI is InChI=1S/C25H19ClN4O2S/c26-20-11-4-5-12-21(20)33-23-24(31)29-30(25(23)32)22(16-7-2-1-3-8-16)18-10-6-9-17(13-18)19-14-27-28-15-19/h1-15,22,32H,(H,27,28)(H,29,31). The highest BCUT2D eigenvalue weighted by Crippen LogP contribution is 2.39. The minimum Gasteiger partial charge on any atom is -0.493 e. The van der Waals surface area contributed by atoms with E-state index in [1.807, 2.05) is 79.0 Å². The number of hydrogen-bond acceptors (Lipinski definition) is 4. The van der Waals surface area contributed by atoms with Crippen molar-refractivity contribution in [2.75, 3.05) is 0 Å². The third kappa shape index (κ3) is 4.20. The van der Waals surface area contributed by atoms with Gasteiger partial charge in [-0.25, -0.2) is 4.68 Å². The maximum Gasteiger partial charge on any atom is 0.282 e. The third-order valence-corrected chi connectivity index (χ3v) is 6.91. The Bertz CT molecular complexity index is 1450. The monoisotopic (exact) mass is 474 g/mol. The van der Waals surface area contributed by atoms with Gasteiger partial charge < -0.3 is 5.11 Å². The predicted molar refractivity (Wildman–Crippen MR) is 130 cm³/mol. The minimum atomic E-state index is -0.452. The number of benzene rings is 3. The lowest BCUT2D eigenvalue weighted by atomic mass is 9.96. The van der Waals surface area contributed by atoms with Gasteiger partial charge in [-0.15, -0.1) is 0 Å². The first-order valence-corrected chi connectivity index (χ1v) is 11.4. The zero-order valence-electron chi connectivity index (χ0n) is 17.3. The molecule has 0 radical (unpaired) electrons. The number of aromatic hydroxyl groups is 1. The summed E-state index contributed by atoms with van der Waals surface area (Å²) in [4.78, 5) is 13.8. The number of aromatic amines is 2. The number of aromatic nitrogens is 4. The highest BCUT2D eigenvalue weighted by molar-refractivity contribution is 7.99. The molecule has 164 valence electrons. The van der Waals surface area contributed by atoms with Gasteiger partial charge in [-0.2, -0.15) is 5.10 Å². The van der Waals surface area contributed by atoms with Crippen LogP contribution in [-0.2, 0) is 0 Å². The molecule has 0 fully saturated rings. The van der Waals surface area contributed by atoms with Gasteiger partial charge in [-0.3, -0.25) is 15.0 Å². The van der Waals surface area contributed by atoms with Gasteiger partial charge in [0.1, 0.15) is 10.9 Å². The lowest BCUT2D eigenvalue weighted by Crippen LogP contribution is -2.16. The largest absolute Gasteiger partial charge is 0.493 e. The normalized spacial score (nSPS) is 12.0. The molecule has 1 unspecified atom stereocenters. The Balaban J connectivity index is 1.63. The van der Waals surface area contributed by atoms with Gasteiger partial charge in [-0.1, -0.05) is 84.0 Å². The third-order valence-electron chi connectivity index (χ3n) is 5.32. The summed E-state index contributed by atoms with van der Waals surface area (Å²) in [5, 5.41) is 21.4. The van der Waals surface area contributed by atoms with E-state index in [9.17, 15) is 9.90 Å². The summed E-state index contributed by atoms with van der Waals surface area (Å²) in [5.41, 5.74) is 3.35. The molecule has 8 heteroatoms. The average Bonchev–Trinajstić information content (AvgIpc) is 3.47. The molecule has 0 aliphatic heterocycles. The van der Waals surface area contributed by atoms with Crippen molar-refractivity contribution < 1.29 is 5.11 Å². The summed E-state index contributed by atoms with van der Waals surface area (Å²) in [6, 6.07) is 24.4. The Morgan fingerprint density at radius 3 is 2.45 bits per heavy atom. The number of halogens is 1. The smallest absolute Gasteiger partial charge is 0.282 e.